The molecule has 4 heterocycles. The summed E-state index contributed by atoms with van der Waals surface area (Å²) in [6, 6.07) is 59.4. The number of furan rings is 2. The van der Waals surface area contributed by atoms with Gasteiger partial charge in [-0.15, -0.1) is 0 Å². The van der Waals surface area contributed by atoms with Gasteiger partial charge in [-0.2, -0.15) is 0 Å². The van der Waals surface area contributed by atoms with Crippen molar-refractivity contribution in [3.8, 4) is 28.3 Å². The molecule has 0 fully saturated rings. The van der Waals surface area contributed by atoms with E-state index in [1.54, 1.807) is 0 Å². The lowest BCUT2D eigenvalue weighted by Crippen LogP contribution is -2.16. The summed E-state index contributed by atoms with van der Waals surface area (Å²) in [5, 5.41) is 6.83. The van der Waals surface area contributed by atoms with Crippen molar-refractivity contribution >= 4 is 82.7 Å². The van der Waals surface area contributed by atoms with Gasteiger partial charge in [0.15, 0.2) is 17.1 Å². The predicted octanol–water partition coefficient (Wildman–Crippen LogP) is 13.8. The second-order valence-electron chi connectivity index (χ2n) is 13.7. The molecule has 0 unspecified atom stereocenters. The van der Waals surface area contributed by atoms with Gasteiger partial charge in [-0.1, -0.05) is 91.0 Å². The first-order valence-electron chi connectivity index (χ1n) is 17.8. The molecule has 0 spiro atoms. The first kappa shape index (κ1) is 28.5. The summed E-state index contributed by atoms with van der Waals surface area (Å²) in [6.45, 7) is 0. The highest BCUT2D eigenvalue weighted by Gasteiger charge is 2.29. The van der Waals surface area contributed by atoms with E-state index in [1.165, 1.54) is 10.8 Å². The summed E-state index contributed by atoms with van der Waals surface area (Å²) in [5.74, 6) is 1.59. The summed E-state index contributed by atoms with van der Waals surface area (Å²) in [4.78, 5) is 2.26. The van der Waals surface area contributed by atoms with Crippen LogP contribution in [-0.4, -0.2) is 4.57 Å². The SMILES string of the molecule is c1ccc2c(c1)Oc1cc(-c3ccc4c(c3)c3ccccc3n4-c3ccc4oc5ccccc5c4c3)ccc1N2c1cccc2c1oc1ccccc12. The molecule has 0 atom stereocenters. The number of fused-ring (bicyclic) bond motifs is 11. The maximum Gasteiger partial charge on any atom is 0.159 e. The van der Waals surface area contributed by atoms with Crippen molar-refractivity contribution in [1.82, 2.24) is 4.57 Å². The Bertz CT molecular complexity index is 3290. The molecule has 0 aliphatic carbocycles. The minimum absolute atomic E-state index is 0.789. The van der Waals surface area contributed by atoms with Crippen LogP contribution in [0.4, 0.5) is 17.1 Å². The Balaban J connectivity index is 1.01. The molecule has 0 saturated heterocycles. The van der Waals surface area contributed by atoms with Crippen LogP contribution in [0.2, 0.25) is 0 Å². The number of ether oxygens (including phenoxy) is 1. The number of hydrogen-bond donors (Lipinski definition) is 0. The highest BCUT2D eigenvalue weighted by Crippen LogP contribution is 2.53. The lowest BCUT2D eigenvalue weighted by molar-refractivity contribution is 0.477. The van der Waals surface area contributed by atoms with Crippen molar-refractivity contribution in [1.29, 1.82) is 0 Å². The van der Waals surface area contributed by atoms with Crippen LogP contribution in [0.1, 0.15) is 0 Å². The number of anilines is 3. The average Bonchev–Trinajstić information content (AvgIpc) is 3.89. The van der Waals surface area contributed by atoms with Gasteiger partial charge in [0, 0.05) is 38.0 Å². The molecule has 248 valence electrons. The van der Waals surface area contributed by atoms with E-state index in [0.717, 1.165) is 100 Å². The number of rotatable bonds is 3. The summed E-state index contributed by atoms with van der Waals surface area (Å²) in [5.41, 5.74) is 12.0. The fourth-order valence-electron chi connectivity index (χ4n) is 8.39. The molecule has 5 heteroatoms. The van der Waals surface area contributed by atoms with Gasteiger partial charge < -0.3 is 18.1 Å². The third-order valence-electron chi connectivity index (χ3n) is 10.8. The monoisotopic (exact) mass is 680 g/mol. The largest absolute Gasteiger partial charge is 0.456 e. The quantitative estimate of drug-likeness (QED) is 0.186. The van der Waals surface area contributed by atoms with Gasteiger partial charge in [-0.3, -0.25) is 4.90 Å². The molecule has 0 radical (unpaired) electrons. The molecule has 0 bridgehead atoms. The fraction of sp³-hybridized carbons (Fsp3) is 0. The molecule has 1 aliphatic heterocycles. The van der Waals surface area contributed by atoms with Gasteiger partial charge in [-0.25, -0.2) is 0 Å². The first-order chi connectivity index (χ1) is 26.3. The second kappa shape index (κ2) is 10.6. The van der Waals surface area contributed by atoms with Gasteiger partial charge in [-0.05, 0) is 90.0 Å². The molecule has 53 heavy (non-hydrogen) atoms. The second-order valence-corrected chi connectivity index (χ2v) is 13.7. The molecule has 8 aromatic carbocycles. The zero-order valence-electron chi connectivity index (χ0n) is 28.3. The van der Waals surface area contributed by atoms with E-state index in [2.05, 4.69) is 143 Å². The molecule has 0 amide bonds. The van der Waals surface area contributed by atoms with Crippen molar-refractivity contribution in [2.45, 2.75) is 0 Å². The van der Waals surface area contributed by atoms with Gasteiger partial charge in [0.05, 0.1) is 28.1 Å². The number of nitrogens with zero attached hydrogens (tertiary/aromatic N) is 2. The minimum atomic E-state index is 0.789. The van der Waals surface area contributed by atoms with Crippen LogP contribution in [0, 0.1) is 0 Å². The van der Waals surface area contributed by atoms with Gasteiger partial charge in [0.1, 0.15) is 16.7 Å². The highest BCUT2D eigenvalue weighted by molar-refractivity contribution is 6.13. The Morgan fingerprint density at radius 1 is 0.358 bits per heavy atom. The van der Waals surface area contributed by atoms with Crippen LogP contribution in [-0.2, 0) is 0 Å². The third kappa shape index (κ3) is 4.07. The zero-order chi connectivity index (χ0) is 34.6. The summed E-state index contributed by atoms with van der Waals surface area (Å²) in [6.07, 6.45) is 0. The van der Waals surface area contributed by atoms with Crippen LogP contribution in [0.3, 0.4) is 0 Å². The van der Waals surface area contributed by atoms with Crippen molar-refractivity contribution in [3.05, 3.63) is 170 Å². The maximum atomic E-state index is 6.66. The van der Waals surface area contributed by atoms with Crippen LogP contribution < -0.4 is 9.64 Å². The molecule has 12 rings (SSSR count). The topological polar surface area (TPSA) is 43.7 Å². The smallest absolute Gasteiger partial charge is 0.159 e. The Morgan fingerprint density at radius 3 is 1.91 bits per heavy atom. The Morgan fingerprint density at radius 2 is 1.00 bits per heavy atom. The first-order valence-corrected chi connectivity index (χ1v) is 17.8. The Kier molecular flexibility index (Phi) is 5.71. The van der Waals surface area contributed by atoms with Crippen LogP contribution in [0.25, 0.3) is 82.5 Å². The molecule has 0 N–H and O–H groups in total. The lowest BCUT2D eigenvalue weighted by Gasteiger charge is -2.33. The van der Waals surface area contributed by atoms with Crippen molar-refractivity contribution in [2.24, 2.45) is 0 Å². The fourth-order valence-corrected chi connectivity index (χ4v) is 8.39. The molecular weight excluding hydrogens is 653 g/mol. The summed E-state index contributed by atoms with van der Waals surface area (Å²) in [7, 11) is 0. The van der Waals surface area contributed by atoms with Gasteiger partial charge in [0.2, 0.25) is 0 Å². The number of para-hydroxylation sites is 6. The van der Waals surface area contributed by atoms with Crippen LogP contribution in [0.5, 0.6) is 11.5 Å². The summed E-state index contributed by atoms with van der Waals surface area (Å²) >= 11 is 0. The van der Waals surface area contributed by atoms with E-state index in [-0.39, 0.29) is 0 Å². The van der Waals surface area contributed by atoms with Crippen molar-refractivity contribution in [3.63, 3.8) is 0 Å². The Hall–Kier alpha value is -7.24. The number of hydrogen-bond acceptors (Lipinski definition) is 4. The number of aromatic nitrogens is 1. The zero-order valence-corrected chi connectivity index (χ0v) is 28.3. The van der Waals surface area contributed by atoms with Crippen molar-refractivity contribution < 1.29 is 13.6 Å². The van der Waals surface area contributed by atoms with E-state index in [1.807, 2.05) is 36.4 Å². The number of benzene rings is 8. The summed E-state index contributed by atoms with van der Waals surface area (Å²) < 4.78 is 21.7. The highest BCUT2D eigenvalue weighted by atomic mass is 16.5. The Labute approximate surface area is 303 Å². The van der Waals surface area contributed by atoms with E-state index in [0.29, 0.717) is 0 Å². The van der Waals surface area contributed by atoms with E-state index in [4.69, 9.17) is 13.6 Å². The van der Waals surface area contributed by atoms with Gasteiger partial charge in [0.25, 0.3) is 0 Å². The van der Waals surface area contributed by atoms with E-state index < -0.39 is 0 Å². The van der Waals surface area contributed by atoms with Crippen molar-refractivity contribution in [2.75, 3.05) is 4.90 Å². The van der Waals surface area contributed by atoms with Crippen LogP contribution >= 0.6 is 0 Å². The van der Waals surface area contributed by atoms with E-state index in [9.17, 15) is 0 Å². The maximum absolute atomic E-state index is 6.66. The van der Waals surface area contributed by atoms with Gasteiger partial charge >= 0.3 is 0 Å². The average molecular weight is 681 g/mol. The third-order valence-corrected chi connectivity index (χ3v) is 10.8. The predicted molar refractivity (Wildman–Crippen MR) is 216 cm³/mol. The normalized spacial score (nSPS) is 12.6. The molecular formula is C48H28N2O3. The molecule has 3 aromatic heterocycles. The molecule has 5 nitrogen and oxygen atoms in total. The molecule has 11 aromatic rings. The van der Waals surface area contributed by atoms with Crippen LogP contribution in [0.15, 0.2) is 179 Å². The minimum Gasteiger partial charge on any atom is -0.456 e. The van der Waals surface area contributed by atoms with E-state index >= 15 is 0 Å². The molecule has 0 saturated carbocycles. The lowest BCUT2D eigenvalue weighted by atomic mass is 10.0. The standard InChI is InChI=1S/C48H28N2O3/c1-4-14-38-32(10-1)36-26-29(20-23-39(36)49(38)31-22-25-45-37(28-31)34-12-3-6-17-43(34)51-45)30-21-24-41-47(27-30)52-46-19-8-5-15-40(46)50(41)42-16-9-13-35-33-11-2-7-18-44(33)53-48(35)42/h1-28H. The molecule has 1 aliphatic rings.